The molecule has 0 unspecified atom stereocenters. The van der Waals surface area contributed by atoms with E-state index in [1.807, 2.05) is 0 Å². The molecule has 60 valence electrons. The predicted octanol–water partition coefficient (Wildman–Crippen LogP) is 0.349. The van der Waals surface area contributed by atoms with Crippen molar-refractivity contribution in [2.75, 3.05) is 0 Å². The summed E-state index contributed by atoms with van der Waals surface area (Å²) in [5.41, 5.74) is 5.28. The van der Waals surface area contributed by atoms with Gasteiger partial charge < -0.3 is 0 Å². The molecular formula is C6H13NO2Se. The first-order valence-corrected chi connectivity index (χ1v) is 5.34. The molecule has 0 saturated carbocycles. The van der Waals surface area contributed by atoms with Crippen LogP contribution in [0.15, 0.2) is 0 Å². The number of aliphatic carboxylic acids is 1. The Morgan fingerprint density at radius 1 is 1.70 bits per heavy atom. The Hall–Kier alpha value is -0.0505. The number of nitrogens with two attached hydrogens (primary N) is 1. The van der Waals surface area contributed by atoms with Gasteiger partial charge in [-0.3, -0.25) is 0 Å². The molecule has 3 N–H and O–H groups in total. The Kier molecular flexibility index (Phi) is 4.69. The molecule has 0 saturated heterocycles. The van der Waals surface area contributed by atoms with Crippen LogP contribution >= 0.6 is 0 Å². The summed E-state index contributed by atoms with van der Waals surface area (Å²) in [6, 6.07) is -0.651. The van der Waals surface area contributed by atoms with Crippen molar-refractivity contribution in [2.45, 2.75) is 30.0 Å². The molecule has 10 heavy (non-hydrogen) atoms. The standard InChI is InChI=1S/C6H13NO2Se/c1-4(2)10-3-5(7)6(8)9/h4-5H,3,7H2,1-2H3,(H,8,9)/t5-/m0/s1. The summed E-state index contributed by atoms with van der Waals surface area (Å²) in [6.07, 6.45) is 0. The zero-order chi connectivity index (χ0) is 8.15. The molecule has 1 atom stereocenters. The van der Waals surface area contributed by atoms with E-state index in [2.05, 4.69) is 13.8 Å². The minimum atomic E-state index is -0.887. The molecule has 0 heterocycles. The SMILES string of the molecule is CC(C)[Se]C[C@H](N)C(=O)O. The number of rotatable bonds is 4. The van der Waals surface area contributed by atoms with Crippen LogP contribution in [0.4, 0.5) is 0 Å². The van der Waals surface area contributed by atoms with Gasteiger partial charge in [0.25, 0.3) is 0 Å². The van der Waals surface area contributed by atoms with Crippen molar-refractivity contribution in [3.8, 4) is 0 Å². The van der Waals surface area contributed by atoms with Crippen LogP contribution in [0.5, 0.6) is 0 Å². The molecule has 3 nitrogen and oxygen atoms in total. The Balaban J connectivity index is 3.40. The van der Waals surface area contributed by atoms with E-state index in [4.69, 9.17) is 10.8 Å². The monoisotopic (exact) mass is 211 g/mol. The number of hydrogen-bond acceptors (Lipinski definition) is 2. The van der Waals surface area contributed by atoms with E-state index in [1.165, 1.54) is 0 Å². The number of hydrogen-bond donors (Lipinski definition) is 2. The molecular weight excluding hydrogens is 197 g/mol. The third kappa shape index (κ3) is 4.79. The molecule has 4 heteroatoms. The van der Waals surface area contributed by atoms with Crippen LogP contribution in [0.1, 0.15) is 13.8 Å². The Morgan fingerprint density at radius 2 is 2.20 bits per heavy atom. The van der Waals surface area contributed by atoms with Crippen molar-refractivity contribution in [3.63, 3.8) is 0 Å². The molecule has 0 spiro atoms. The fraction of sp³-hybridized carbons (Fsp3) is 0.833. The minimum absolute atomic E-state index is 0.373. The summed E-state index contributed by atoms with van der Waals surface area (Å²) in [7, 11) is 0. The molecule has 0 aromatic carbocycles. The van der Waals surface area contributed by atoms with Gasteiger partial charge in [0.15, 0.2) is 0 Å². The summed E-state index contributed by atoms with van der Waals surface area (Å²) >= 11 is 0.373. The van der Waals surface area contributed by atoms with E-state index in [9.17, 15) is 4.79 Å². The second kappa shape index (κ2) is 4.72. The molecule has 0 aromatic heterocycles. The zero-order valence-electron chi connectivity index (χ0n) is 6.20. The van der Waals surface area contributed by atoms with E-state index in [0.717, 1.165) is 0 Å². The quantitative estimate of drug-likeness (QED) is 0.658. The molecule has 0 aliphatic rings. The third-order valence-corrected chi connectivity index (χ3v) is 3.48. The molecule has 0 aromatic rings. The molecule has 0 radical (unpaired) electrons. The maximum atomic E-state index is 10.2. The Bertz CT molecular complexity index is 116. The van der Waals surface area contributed by atoms with Gasteiger partial charge in [0.2, 0.25) is 0 Å². The summed E-state index contributed by atoms with van der Waals surface area (Å²) < 4.78 is 0. The van der Waals surface area contributed by atoms with Crippen molar-refractivity contribution in [2.24, 2.45) is 5.73 Å². The van der Waals surface area contributed by atoms with E-state index < -0.39 is 12.0 Å². The van der Waals surface area contributed by atoms with E-state index >= 15 is 0 Å². The van der Waals surface area contributed by atoms with Gasteiger partial charge in [-0.15, -0.1) is 0 Å². The number of carboxylic acid groups (broad SMARTS) is 1. The molecule has 0 aliphatic heterocycles. The van der Waals surface area contributed by atoms with Crippen LogP contribution in [-0.2, 0) is 4.79 Å². The van der Waals surface area contributed by atoms with Crippen LogP contribution in [-0.4, -0.2) is 32.1 Å². The molecule has 0 rings (SSSR count). The molecule has 0 amide bonds. The summed E-state index contributed by atoms with van der Waals surface area (Å²) in [4.78, 5) is 10.8. The van der Waals surface area contributed by atoms with E-state index in [-0.39, 0.29) is 0 Å². The maximum absolute atomic E-state index is 10.2. The van der Waals surface area contributed by atoms with Crippen molar-refractivity contribution in [1.29, 1.82) is 0 Å². The molecule has 0 aliphatic carbocycles. The van der Waals surface area contributed by atoms with Crippen molar-refractivity contribution < 1.29 is 9.90 Å². The van der Waals surface area contributed by atoms with Gasteiger partial charge in [-0.05, 0) is 0 Å². The number of carbonyl (C=O) groups is 1. The van der Waals surface area contributed by atoms with Crippen molar-refractivity contribution in [3.05, 3.63) is 0 Å². The summed E-state index contributed by atoms with van der Waals surface area (Å²) in [6.45, 7) is 4.16. The first-order chi connectivity index (χ1) is 4.54. The predicted molar refractivity (Wildman–Crippen MR) is 41.3 cm³/mol. The fourth-order valence-electron chi connectivity index (χ4n) is 0.367. The van der Waals surface area contributed by atoms with E-state index in [1.54, 1.807) is 0 Å². The normalized spacial score (nSPS) is 13.6. The Morgan fingerprint density at radius 3 is 2.50 bits per heavy atom. The van der Waals surface area contributed by atoms with Crippen LogP contribution in [0.25, 0.3) is 0 Å². The average Bonchev–Trinajstić information content (AvgIpc) is 1.82. The second-order valence-corrected chi connectivity index (χ2v) is 5.70. The van der Waals surface area contributed by atoms with Gasteiger partial charge in [0.1, 0.15) is 0 Å². The third-order valence-electron chi connectivity index (χ3n) is 0.926. The fourth-order valence-corrected chi connectivity index (χ4v) is 1.91. The van der Waals surface area contributed by atoms with Crippen LogP contribution in [0.2, 0.25) is 10.1 Å². The van der Waals surface area contributed by atoms with Gasteiger partial charge >= 0.3 is 66.6 Å². The second-order valence-electron chi connectivity index (χ2n) is 2.33. The topological polar surface area (TPSA) is 63.3 Å². The zero-order valence-corrected chi connectivity index (χ0v) is 7.92. The number of carboxylic acids is 1. The van der Waals surface area contributed by atoms with Gasteiger partial charge in [-0.1, -0.05) is 0 Å². The summed E-state index contributed by atoms with van der Waals surface area (Å²) in [5, 5.41) is 9.02. The van der Waals surface area contributed by atoms with Crippen molar-refractivity contribution in [1.82, 2.24) is 0 Å². The van der Waals surface area contributed by atoms with Crippen LogP contribution in [0.3, 0.4) is 0 Å². The molecule has 0 fully saturated rings. The van der Waals surface area contributed by atoms with Crippen LogP contribution < -0.4 is 5.73 Å². The van der Waals surface area contributed by atoms with E-state index in [0.29, 0.717) is 25.1 Å². The van der Waals surface area contributed by atoms with Gasteiger partial charge in [0, 0.05) is 0 Å². The van der Waals surface area contributed by atoms with Crippen LogP contribution in [0, 0.1) is 0 Å². The first-order valence-electron chi connectivity index (χ1n) is 3.14. The Labute approximate surface area is 67.1 Å². The first kappa shape index (κ1) is 9.95. The summed E-state index contributed by atoms with van der Waals surface area (Å²) in [5.74, 6) is -0.887. The molecule has 0 bridgehead atoms. The van der Waals surface area contributed by atoms with Gasteiger partial charge in [-0.25, -0.2) is 0 Å². The van der Waals surface area contributed by atoms with Crippen molar-refractivity contribution >= 4 is 20.9 Å². The van der Waals surface area contributed by atoms with Gasteiger partial charge in [0.05, 0.1) is 0 Å². The average molecular weight is 210 g/mol. The van der Waals surface area contributed by atoms with Gasteiger partial charge in [-0.2, -0.15) is 0 Å².